The fourth-order valence-corrected chi connectivity index (χ4v) is 2.72. The molecule has 0 aliphatic rings. The third-order valence-corrected chi connectivity index (χ3v) is 3.88. The maximum atomic E-state index is 6.26. The van der Waals surface area contributed by atoms with Crippen molar-refractivity contribution in [1.82, 2.24) is 5.32 Å². The fourth-order valence-electron chi connectivity index (χ4n) is 1.81. The molecule has 1 N–H and O–H groups in total. The zero-order chi connectivity index (χ0) is 14.4. The van der Waals surface area contributed by atoms with E-state index >= 15 is 0 Å². The summed E-state index contributed by atoms with van der Waals surface area (Å²) in [6.45, 7) is 6.80. The minimum absolute atomic E-state index is 0.564. The van der Waals surface area contributed by atoms with Gasteiger partial charge in [-0.3, -0.25) is 0 Å². The summed E-state index contributed by atoms with van der Waals surface area (Å²) in [6, 6.07) is 8.03. The summed E-state index contributed by atoms with van der Waals surface area (Å²) >= 11 is 7.93. The van der Waals surface area contributed by atoms with Crippen molar-refractivity contribution >= 4 is 22.9 Å². The van der Waals surface area contributed by atoms with Crippen LogP contribution in [0.15, 0.2) is 35.0 Å². The van der Waals surface area contributed by atoms with Crippen molar-refractivity contribution < 1.29 is 4.74 Å². The third kappa shape index (κ3) is 4.82. The molecule has 108 valence electrons. The maximum absolute atomic E-state index is 6.26. The predicted octanol–water partition coefficient (Wildman–Crippen LogP) is 4.73. The van der Waals surface area contributed by atoms with E-state index < -0.39 is 0 Å². The second-order valence-electron chi connectivity index (χ2n) is 5.21. The first-order valence-electron chi connectivity index (χ1n) is 6.78. The second kappa shape index (κ2) is 7.67. The molecule has 2 rings (SSSR count). The summed E-state index contributed by atoms with van der Waals surface area (Å²) in [6.07, 6.45) is 0. The van der Waals surface area contributed by atoms with Crippen LogP contribution in [-0.2, 0) is 13.2 Å². The summed E-state index contributed by atoms with van der Waals surface area (Å²) in [7, 11) is 0. The monoisotopic (exact) mass is 309 g/mol. The van der Waals surface area contributed by atoms with Crippen LogP contribution >= 0.6 is 22.9 Å². The van der Waals surface area contributed by atoms with Crippen molar-refractivity contribution in [3.05, 3.63) is 51.2 Å². The van der Waals surface area contributed by atoms with E-state index in [9.17, 15) is 0 Å². The van der Waals surface area contributed by atoms with E-state index in [0.717, 1.165) is 18.8 Å². The number of thiophene rings is 1. The molecule has 2 nitrogen and oxygen atoms in total. The minimum atomic E-state index is 0.564. The number of benzene rings is 1. The molecule has 0 spiro atoms. The number of halogens is 1. The molecule has 0 saturated carbocycles. The Morgan fingerprint density at radius 1 is 1.25 bits per heavy atom. The molecule has 20 heavy (non-hydrogen) atoms. The van der Waals surface area contributed by atoms with Crippen LogP contribution in [0.4, 0.5) is 0 Å². The Morgan fingerprint density at radius 3 is 2.75 bits per heavy atom. The molecular formula is C16H20ClNOS. The van der Waals surface area contributed by atoms with Crippen LogP contribution in [0.3, 0.4) is 0 Å². The molecule has 4 heteroatoms. The van der Waals surface area contributed by atoms with Gasteiger partial charge in [0, 0.05) is 6.54 Å². The van der Waals surface area contributed by atoms with Crippen molar-refractivity contribution in [3.8, 4) is 5.75 Å². The molecule has 0 fully saturated rings. The first-order chi connectivity index (χ1) is 9.65. The van der Waals surface area contributed by atoms with Gasteiger partial charge in [0.05, 0.1) is 5.02 Å². The van der Waals surface area contributed by atoms with Gasteiger partial charge in [0.15, 0.2) is 0 Å². The summed E-state index contributed by atoms with van der Waals surface area (Å²) in [5, 5.41) is 8.20. The highest BCUT2D eigenvalue weighted by Gasteiger charge is 2.04. The molecule has 0 unspecified atom stereocenters. The smallest absolute Gasteiger partial charge is 0.138 e. The van der Waals surface area contributed by atoms with E-state index in [4.69, 9.17) is 16.3 Å². The van der Waals surface area contributed by atoms with Crippen LogP contribution in [0.25, 0.3) is 0 Å². The lowest BCUT2D eigenvalue weighted by molar-refractivity contribution is 0.307. The first kappa shape index (κ1) is 15.4. The molecule has 0 atom stereocenters. The summed E-state index contributed by atoms with van der Waals surface area (Å²) in [5.74, 6) is 1.39. The topological polar surface area (TPSA) is 21.3 Å². The highest BCUT2D eigenvalue weighted by molar-refractivity contribution is 7.07. The normalized spacial score (nSPS) is 11.0. The lowest BCUT2D eigenvalue weighted by Gasteiger charge is -2.10. The van der Waals surface area contributed by atoms with Crippen LogP contribution in [0, 0.1) is 5.92 Å². The molecular weight excluding hydrogens is 290 g/mol. The van der Waals surface area contributed by atoms with Crippen molar-refractivity contribution in [3.63, 3.8) is 0 Å². The van der Waals surface area contributed by atoms with E-state index in [1.807, 2.05) is 17.5 Å². The van der Waals surface area contributed by atoms with Crippen molar-refractivity contribution in [2.45, 2.75) is 27.0 Å². The summed E-state index contributed by atoms with van der Waals surface area (Å²) < 4.78 is 5.73. The molecule has 1 heterocycles. The third-order valence-electron chi connectivity index (χ3n) is 2.85. The summed E-state index contributed by atoms with van der Waals surface area (Å²) in [4.78, 5) is 0. The SMILES string of the molecule is CC(C)CNCc1ccc(OCc2ccsc2)c(Cl)c1. The number of hydrogen-bond donors (Lipinski definition) is 1. The quantitative estimate of drug-likeness (QED) is 0.798. The van der Waals surface area contributed by atoms with Gasteiger partial charge in [-0.2, -0.15) is 11.3 Å². The van der Waals surface area contributed by atoms with E-state index in [1.165, 1.54) is 11.1 Å². The molecule has 0 aliphatic carbocycles. The summed E-state index contributed by atoms with van der Waals surface area (Å²) in [5.41, 5.74) is 2.35. The molecule has 0 radical (unpaired) electrons. The van der Waals surface area contributed by atoms with E-state index in [1.54, 1.807) is 11.3 Å². The molecule has 0 bridgehead atoms. The standard InChI is InChI=1S/C16H20ClNOS/c1-12(2)8-18-9-13-3-4-16(15(17)7-13)19-10-14-5-6-20-11-14/h3-7,11-12,18H,8-10H2,1-2H3. The van der Waals surface area contributed by atoms with Crippen LogP contribution in [0.1, 0.15) is 25.0 Å². The van der Waals surface area contributed by atoms with Crippen LogP contribution in [-0.4, -0.2) is 6.54 Å². The molecule has 1 aromatic heterocycles. The second-order valence-corrected chi connectivity index (χ2v) is 6.40. The van der Waals surface area contributed by atoms with Crippen molar-refractivity contribution in [2.75, 3.05) is 6.54 Å². The first-order valence-corrected chi connectivity index (χ1v) is 8.10. The lowest BCUT2D eigenvalue weighted by atomic mass is 10.2. The lowest BCUT2D eigenvalue weighted by Crippen LogP contribution is -2.18. The van der Waals surface area contributed by atoms with Gasteiger partial charge in [0.2, 0.25) is 0 Å². The largest absolute Gasteiger partial charge is 0.487 e. The van der Waals surface area contributed by atoms with E-state index in [-0.39, 0.29) is 0 Å². The Kier molecular flexibility index (Phi) is 5.89. The van der Waals surface area contributed by atoms with Gasteiger partial charge >= 0.3 is 0 Å². The Labute approximate surface area is 129 Å². The average Bonchev–Trinajstić information content (AvgIpc) is 2.90. The van der Waals surface area contributed by atoms with Gasteiger partial charge in [-0.15, -0.1) is 0 Å². The molecule has 1 aromatic carbocycles. The molecule has 0 aliphatic heterocycles. The molecule has 0 amide bonds. The Bertz CT molecular complexity index is 525. The van der Waals surface area contributed by atoms with Gasteiger partial charge in [0.1, 0.15) is 12.4 Å². The van der Waals surface area contributed by atoms with E-state index in [2.05, 4.69) is 36.7 Å². The van der Waals surface area contributed by atoms with Gasteiger partial charge in [-0.1, -0.05) is 31.5 Å². The number of rotatable bonds is 7. The number of hydrogen-bond acceptors (Lipinski definition) is 3. The maximum Gasteiger partial charge on any atom is 0.138 e. The van der Waals surface area contributed by atoms with Crippen molar-refractivity contribution in [2.24, 2.45) is 5.92 Å². The highest BCUT2D eigenvalue weighted by atomic mass is 35.5. The average molecular weight is 310 g/mol. The van der Waals surface area contributed by atoms with Crippen LogP contribution in [0.5, 0.6) is 5.75 Å². The van der Waals surface area contributed by atoms with Gasteiger partial charge in [0.25, 0.3) is 0 Å². The molecule has 0 saturated heterocycles. The number of ether oxygens (including phenoxy) is 1. The Hall–Kier alpha value is -1.03. The fraction of sp³-hybridized carbons (Fsp3) is 0.375. The zero-order valence-corrected chi connectivity index (χ0v) is 13.4. The van der Waals surface area contributed by atoms with Crippen LogP contribution in [0.2, 0.25) is 5.02 Å². The minimum Gasteiger partial charge on any atom is -0.487 e. The molecule has 2 aromatic rings. The van der Waals surface area contributed by atoms with Crippen LogP contribution < -0.4 is 10.1 Å². The van der Waals surface area contributed by atoms with Gasteiger partial charge < -0.3 is 10.1 Å². The van der Waals surface area contributed by atoms with Crippen molar-refractivity contribution in [1.29, 1.82) is 0 Å². The Morgan fingerprint density at radius 2 is 2.10 bits per heavy atom. The van der Waals surface area contributed by atoms with E-state index in [0.29, 0.717) is 17.5 Å². The van der Waals surface area contributed by atoms with Gasteiger partial charge in [-0.25, -0.2) is 0 Å². The predicted molar refractivity (Wildman–Crippen MR) is 86.6 cm³/mol. The highest BCUT2D eigenvalue weighted by Crippen LogP contribution is 2.26. The number of nitrogens with one attached hydrogen (secondary N) is 1. The zero-order valence-electron chi connectivity index (χ0n) is 11.9. The van der Waals surface area contributed by atoms with Gasteiger partial charge in [-0.05, 0) is 52.5 Å². The Balaban J connectivity index is 1.88.